The first-order valence-electron chi connectivity index (χ1n) is 6.93. The molecule has 12 heteroatoms. The summed E-state index contributed by atoms with van der Waals surface area (Å²) in [6.45, 7) is 0.208. The number of aromatic amines is 1. The van der Waals surface area contributed by atoms with Gasteiger partial charge in [-0.1, -0.05) is 22.1 Å². The summed E-state index contributed by atoms with van der Waals surface area (Å²) in [5.74, 6) is -0.0468. The molecule has 0 saturated carbocycles. The molecule has 0 bridgehead atoms. The Morgan fingerprint density at radius 2 is 2.28 bits per heavy atom. The smallest absolute Gasteiger partial charge is 0.431 e. The van der Waals surface area contributed by atoms with Crippen molar-refractivity contribution in [2.45, 2.75) is 5.03 Å². The second-order valence-electron chi connectivity index (χ2n) is 4.40. The third kappa shape index (κ3) is 6.08. The van der Waals surface area contributed by atoms with Gasteiger partial charge in [-0.3, -0.25) is 9.89 Å². The molecule has 3 N–H and O–H groups in total. The van der Waals surface area contributed by atoms with E-state index in [2.05, 4.69) is 25.5 Å². The SMILES string of the molecule is CN(N=Nc1[nH]ncc1C(N)=O)C(=O)OCCSSc1ccccn1. The number of primary amides is 1. The number of carbonyl (C=O) groups is 2. The minimum atomic E-state index is -0.699. The number of hydrogen-bond acceptors (Lipinski definition) is 9. The van der Waals surface area contributed by atoms with Gasteiger partial charge in [-0.2, -0.15) is 10.1 Å². The van der Waals surface area contributed by atoms with Gasteiger partial charge in [-0.05, 0) is 22.9 Å². The first-order valence-corrected chi connectivity index (χ1v) is 9.25. The molecule has 25 heavy (non-hydrogen) atoms. The highest BCUT2D eigenvalue weighted by Gasteiger charge is 2.12. The quantitative estimate of drug-likeness (QED) is 0.310. The number of rotatable bonds is 8. The minimum absolute atomic E-state index is 0.0643. The molecule has 0 fully saturated rings. The van der Waals surface area contributed by atoms with Crippen molar-refractivity contribution in [2.24, 2.45) is 16.1 Å². The Balaban J connectivity index is 1.70. The van der Waals surface area contributed by atoms with E-state index in [4.69, 9.17) is 10.5 Å². The maximum absolute atomic E-state index is 11.8. The molecular formula is C13H15N7O3S2. The maximum Gasteiger partial charge on any atom is 0.431 e. The third-order valence-corrected chi connectivity index (χ3v) is 4.83. The molecular weight excluding hydrogens is 366 g/mol. The molecule has 2 heterocycles. The fourth-order valence-electron chi connectivity index (χ4n) is 1.44. The molecule has 0 atom stereocenters. The van der Waals surface area contributed by atoms with Gasteiger partial charge in [-0.25, -0.2) is 9.78 Å². The van der Waals surface area contributed by atoms with Crippen LogP contribution in [0.3, 0.4) is 0 Å². The summed E-state index contributed by atoms with van der Waals surface area (Å²) < 4.78 is 5.05. The average Bonchev–Trinajstić information content (AvgIpc) is 3.09. The molecule has 0 spiro atoms. The summed E-state index contributed by atoms with van der Waals surface area (Å²) >= 11 is 0. The van der Waals surface area contributed by atoms with Crippen molar-refractivity contribution in [3.63, 3.8) is 0 Å². The predicted molar refractivity (Wildman–Crippen MR) is 93.3 cm³/mol. The topological polar surface area (TPSA) is 139 Å². The van der Waals surface area contributed by atoms with Crippen LogP contribution in [0, 0.1) is 0 Å². The molecule has 0 aliphatic rings. The van der Waals surface area contributed by atoms with Gasteiger partial charge < -0.3 is 10.5 Å². The normalized spacial score (nSPS) is 10.8. The highest BCUT2D eigenvalue weighted by Crippen LogP contribution is 2.28. The summed E-state index contributed by atoms with van der Waals surface area (Å²) in [5, 5.41) is 15.2. The van der Waals surface area contributed by atoms with Gasteiger partial charge in [-0.15, -0.1) is 5.11 Å². The number of ether oxygens (including phenoxy) is 1. The fourth-order valence-corrected chi connectivity index (χ4v) is 3.14. The number of nitrogens with zero attached hydrogens (tertiary/aromatic N) is 5. The molecule has 0 unspecified atom stereocenters. The number of nitrogens with one attached hydrogen (secondary N) is 1. The molecule has 2 rings (SSSR count). The van der Waals surface area contributed by atoms with E-state index in [9.17, 15) is 9.59 Å². The number of nitrogens with two attached hydrogens (primary N) is 1. The van der Waals surface area contributed by atoms with Crippen molar-refractivity contribution in [1.29, 1.82) is 0 Å². The zero-order valence-electron chi connectivity index (χ0n) is 13.2. The van der Waals surface area contributed by atoms with Gasteiger partial charge in [0.1, 0.15) is 17.2 Å². The van der Waals surface area contributed by atoms with Crippen LogP contribution in [0.1, 0.15) is 10.4 Å². The number of H-pyrrole nitrogens is 1. The molecule has 0 radical (unpaired) electrons. The van der Waals surface area contributed by atoms with E-state index in [0.29, 0.717) is 5.75 Å². The summed E-state index contributed by atoms with van der Waals surface area (Å²) in [4.78, 5) is 27.0. The van der Waals surface area contributed by atoms with Crippen molar-refractivity contribution < 1.29 is 14.3 Å². The summed E-state index contributed by atoms with van der Waals surface area (Å²) in [5.41, 5.74) is 5.22. The van der Waals surface area contributed by atoms with Crippen LogP contribution in [0.2, 0.25) is 0 Å². The van der Waals surface area contributed by atoms with E-state index in [1.807, 2.05) is 18.2 Å². The first kappa shape index (κ1) is 18.7. The Bertz CT molecular complexity index is 738. The molecule has 2 aromatic rings. The molecule has 0 aliphatic heterocycles. The summed E-state index contributed by atoms with van der Waals surface area (Å²) in [7, 11) is 4.39. The zero-order chi connectivity index (χ0) is 18.1. The summed E-state index contributed by atoms with van der Waals surface area (Å²) in [6, 6.07) is 5.64. The molecule has 2 amide bonds. The van der Waals surface area contributed by atoms with Gasteiger partial charge in [0, 0.05) is 19.0 Å². The third-order valence-electron chi connectivity index (χ3n) is 2.60. The minimum Gasteiger partial charge on any atom is -0.447 e. The van der Waals surface area contributed by atoms with Gasteiger partial charge >= 0.3 is 6.09 Å². The summed E-state index contributed by atoms with van der Waals surface area (Å²) in [6.07, 6.45) is 2.27. The second kappa shape index (κ2) is 9.64. The van der Waals surface area contributed by atoms with Crippen LogP contribution in [0.5, 0.6) is 0 Å². The van der Waals surface area contributed by atoms with Crippen LogP contribution < -0.4 is 5.73 Å². The molecule has 132 valence electrons. The van der Waals surface area contributed by atoms with E-state index in [1.165, 1.54) is 34.8 Å². The van der Waals surface area contributed by atoms with Crippen LogP contribution >= 0.6 is 21.6 Å². The molecule has 2 aromatic heterocycles. The number of aromatic nitrogens is 3. The van der Waals surface area contributed by atoms with Crippen molar-refractivity contribution in [1.82, 2.24) is 20.2 Å². The van der Waals surface area contributed by atoms with Gasteiger partial charge in [0.05, 0.1) is 6.20 Å². The van der Waals surface area contributed by atoms with Crippen molar-refractivity contribution in [2.75, 3.05) is 19.4 Å². The first-order chi connectivity index (χ1) is 12.1. The Labute approximate surface area is 151 Å². The monoisotopic (exact) mass is 381 g/mol. The van der Waals surface area contributed by atoms with Gasteiger partial charge in [0.25, 0.3) is 5.91 Å². The van der Waals surface area contributed by atoms with Crippen molar-refractivity contribution >= 4 is 39.4 Å². The highest BCUT2D eigenvalue weighted by atomic mass is 33.1. The molecule has 0 aliphatic carbocycles. The van der Waals surface area contributed by atoms with Crippen LogP contribution in [-0.2, 0) is 4.74 Å². The predicted octanol–water partition coefficient (Wildman–Crippen LogP) is 2.41. The van der Waals surface area contributed by atoms with Crippen LogP contribution in [-0.4, -0.2) is 51.6 Å². The van der Waals surface area contributed by atoms with Gasteiger partial charge in [0.15, 0.2) is 5.82 Å². The number of amides is 2. The lowest BCUT2D eigenvalue weighted by atomic mass is 10.3. The highest BCUT2D eigenvalue weighted by molar-refractivity contribution is 8.76. The lowest BCUT2D eigenvalue weighted by Gasteiger charge is -2.09. The largest absolute Gasteiger partial charge is 0.447 e. The van der Waals surface area contributed by atoms with Crippen molar-refractivity contribution in [3.8, 4) is 0 Å². The van der Waals surface area contributed by atoms with E-state index < -0.39 is 12.0 Å². The number of carbonyl (C=O) groups excluding carboxylic acids is 2. The van der Waals surface area contributed by atoms with E-state index in [1.54, 1.807) is 6.20 Å². The number of pyridine rings is 1. The van der Waals surface area contributed by atoms with Crippen LogP contribution in [0.25, 0.3) is 0 Å². The van der Waals surface area contributed by atoms with E-state index in [-0.39, 0.29) is 18.0 Å². The van der Waals surface area contributed by atoms with Gasteiger partial charge in [0.2, 0.25) is 0 Å². The van der Waals surface area contributed by atoms with Crippen molar-refractivity contribution in [3.05, 3.63) is 36.2 Å². The lowest BCUT2D eigenvalue weighted by molar-refractivity contribution is 0.100. The maximum atomic E-state index is 11.8. The zero-order valence-corrected chi connectivity index (χ0v) is 14.8. The van der Waals surface area contributed by atoms with E-state index >= 15 is 0 Å². The number of hydrogen-bond donors (Lipinski definition) is 2. The molecule has 10 nitrogen and oxygen atoms in total. The van der Waals surface area contributed by atoms with Crippen LogP contribution in [0.4, 0.5) is 10.6 Å². The second-order valence-corrected chi connectivity index (χ2v) is 6.83. The van der Waals surface area contributed by atoms with E-state index in [0.717, 1.165) is 10.0 Å². The Morgan fingerprint density at radius 1 is 1.44 bits per heavy atom. The Hall–Kier alpha value is -2.60. The molecule has 0 saturated heterocycles. The lowest BCUT2D eigenvalue weighted by Crippen LogP contribution is -2.22. The Kier molecular flexibility index (Phi) is 7.22. The molecule has 0 aromatic carbocycles. The standard InChI is InChI=1S/C13H15N7O3S2/c1-20(19-18-12-9(11(14)21)8-16-17-12)13(22)23-6-7-24-25-10-4-2-3-5-15-10/h2-5,8H,6-7H2,1H3,(H2,14,21)(H,16,17). The Morgan fingerprint density at radius 3 is 3.00 bits per heavy atom. The fraction of sp³-hybridized carbons (Fsp3) is 0.231. The van der Waals surface area contributed by atoms with Crippen LogP contribution in [0.15, 0.2) is 46.0 Å². The average molecular weight is 381 g/mol.